The van der Waals surface area contributed by atoms with E-state index in [4.69, 9.17) is 9.26 Å². The van der Waals surface area contributed by atoms with E-state index in [-0.39, 0.29) is 24.5 Å². The molecule has 2 atom stereocenters. The van der Waals surface area contributed by atoms with Gasteiger partial charge in [-0.3, -0.25) is 9.48 Å². The van der Waals surface area contributed by atoms with Gasteiger partial charge in [-0.2, -0.15) is 5.10 Å². The molecule has 142 valence electrons. The largest absolute Gasteiger partial charge is 0.379 e. The van der Waals surface area contributed by atoms with Crippen LogP contribution in [0.15, 0.2) is 10.6 Å². The van der Waals surface area contributed by atoms with Crippen LogP contribution in [0, 0.1) is 26.7 Å². The predicted molar refractivity (Wildman–Crippen MR) is 96.9 cm³/mol. The first kappa shape index (κ1) is 18.6. The SMILES string of the molecule is CCc1c(C)nn(CC(=O)N2C[C@@H](Cc3cc(C)no3)[C@@H](OC)C2)c1C. The lowest BCUT2D eigenvalue weighted by atomic mass is 10.0. The highest BCUT2D eigenvalue weighted by atomic mass is 16.5. The Hall–Kier alpha value is -2.15. The quantitative estimate of drug-likeness (QED) is 0.788. The summed E-state index contributed by atoms with van der Waals surface area (Å²) in [4.78, 5) is 14.7. The molecule has 0 aromatic carbocycles. The van der Waals surface area contributed by atoms with Crippen LogP contribution in [-0.4, -0.2) is 52.0 Å². The molecular weight excluding hydrogens is 332 g/mol. The third-order valence-electron chi connectivity index (χ3n) is 5.35. The standard InChI is InChI=1S/C19H28N4O3/c1-6-17-13(3)20-23(14(17)4)11-19(24)22-9-15(18(10-22)25-5)8-16-7-12(2)21-26-16/h7,15,18H,6,8-11H2,1-5H3/t15-,18+/m1/s1. The summed E-state index contributed by atoms with van der Waals surface area (Å²) < 4.78 is 12.8. The Bertz CT molecular complexity index is 780. The van der Waals surface area contributed by atoms with Crippen molar-refractivity contribution >= 4 is 5.91 Å². The summed E-state index contributed by atoms with van der Waals surface area (Å²) in [5.41, 5.74) is 4.19. The molecule has 1 amide bonds. The van der Waals surface area contributed by atoms with Crippen LogP contribution in [0.3, 0.4) is 0 Å². The van der Waals surface area contributed by atoms with E-state index in [0.717, 1.165) is 35.7 Å². The Balaban J connectivity index is 1.66. The minimum atomic E-state index is 0.0102. The number of aromatic nitrogens is 3. The molecule has 26 heavy (non-hydrogen) atoms. The molecule has 3 heterocycles. The minimum Gasteiger partial charge on any atom is -0.379 e. The number of amides is 1. The maximum Gasteiger partial charge on any atom is 0.244 e. The van der Waals surface area contributed by atoms with Crippen LogP contribution in [0.25, 0.3) is 0 Å². The van der Waals surface area contributed by atoms with E-state index in [2.05, 4.69) is 17.2 Å². The number of hydrogen-bond donors (Lipinski definition) is 0. The van der Waals surface area contributed by atoms with E-state index in [1.807, 2.05) is 36.4 Å². The Morgan fingerprint density at radius 3 is 2.69 bits per heavy atom. The molecule has 2 aromatic heterocycles. The highest BCUT2D eigenvalue weighted by Crippen LogP contribution is 2.24. The molecule has 1 saturated heterocycles. The molecule has 0 bridgehead atoms. The second kappa shape index (κ2) is 7.61. The average molecular weight is 360 g/mol. The molecule has 7 heteroatoms. The number of ether oxygens (including phenoxy) is 1. The zero-order valence-corrected chi connectivity index (χ0v) is 16.3. The average Bonchev–Trinajstić information content (AvgIpc) is 3.27. The highest BCUT2D eigenvalue weighted by Gasteiger charge is 2.36. The van der Waals surface area contributed by atoms with Gasteiger partial charge in [0.05, 0.1) is 17.5 Å². The first-order chi connectivity index (χ1) is 12.4. The summed E-state index contributed by atoms with van der Waals surface area (Å²) in [6, 6.07) is 1.94. The van der Waals surface area contributed by atoms with Crippen molar-refractivity contribution in [2.75, 3.05) is 20.2 Å². The Kier molecular flexibility index (Phi) is 5.46. The molecule has 0 aliphatic carbocycles. The van der Waals surface area contributed by atoms with E-state index >= 15 is 0 Å². The van der Waals surface area contributed by atoms with Gasteiger partial charge in [-0.25, -0.2) is 0 Å². The molecule has 7 nitrogen and oxygen atoms in total. The number of carbonyl (C=O) groups excluding carboxylic acids is 1. The third kappa shape index (κ3) is 3.67. The summed E-state index contributed by atoms with van der Waals surface area (Å²) in [5.74, 6) is 1.13. The molecule has 1 aliphatic heterocycles. The van der Waals surface area contributed by atoms with Gasteiger partial charge in [0.15, 0.2) is 0 Å². The Labute approximate surface area is 154 Å². The molecule has 0 spiro atoms. The van der Waals surface area contributed by atoms with Crippen LogP contribution in [0.5, 0.6) is 0 Å². The molecule has 0 unspecified atom stereocenters. The van der Waals surface area contributed by atoms with Gasteiger partial charge in [-0.05, 0) is 32.8 Å². The van der Waals surface area contributed by atoms with Gasteiger partial charge in [0.1, 0.15) is 12.3 Å². The van der Waals surface area contributed by atoms with E-state index in [0.29, 0.717) is 13.1 Å². The van der Waals surface area contributed by atoms with Gasteiger partial charge >= 0.3 is 0 Å². The monoisotopic (exact) mass is 360 g/mol. The van der Waals surface area contributed by atoms with Crippen LogP contribution >= 0.6 is 0 Å². The number of likely N-dealkylation sites (tertiary alicyclic amines) is 1. The van der Waals surface area contributed by atoms with Crippen LogP contribution in [-0.2, 0) is 28.9 Å². The molecule has 3 rings (SSSR count). The van der Waals surface area contributed by atoms with Gasteiger partial charge in [0.2, 0.25) is 5.91 Å². The van der Waals surface area contributed by atoms with E-state index in [9.17, 15) is 4.79 Å². The summed E-state index contributed by atoms with van der Waals surface area (Å²) >= 11 is 0. The van der Waals surface area contributed by atoms with E-state index in [1.165, 1.54) is 5.56 Å². The molecule has 0 radical (unpaired) electrons. The van der Waals surface area contributed by atoms with E-state index in [1.54, 1.807) is 7.11 Å². The maximum absolute atomic E-state index is 12.8. The molecule has 1 fully saturated rings. The van der Waals surface area contributed by atoms with Crippen molar-refractivity contribution in [2.45, 2.75) is 53.2 Å². The van der Waals surface area contributed by atoms with Crippen molar-refractivity contribution in [3.8, 4) is 0 Å². The highest BCUT2D eigenvalue weighted by molar-refractivity contribution is 5.76. The lowest BCUT2D eigenvalue weighted by Gasteiger charge is -2.16. The van der Waals surface area contributed by atoms with Crippen molar-refractivity contribution in [1.82, 2.24) is 19.8 Å². The fraction of sp³-hybridized carbons (Fsp3) is 0.632. The van der Waals surface area contributed by atoms with Crippen LogP contribution in [0.2, 0.25) is 0 Å². The van der Waals surface area contributed by atoms with Crippen LogP contribution < -0.4 is 0 Å². The minimum absolute atomic E-state index is 0.0102. The fourth-order valence-electron chi connectivity index (χ4n) is 3.91. The molecule has 0 saturated carbocycles. The second-order valence-corrected chi connectivity index (χ2v) is 7.13. The summed E-state index contributed by atoms with van der Waals surface area (Å²) in [7, 11) is 1.70. The van der Waals surface area contributed by atoms with Crippen molar-refractivity contribution in [2.24, 2.45) is 5.92 Å². The number of aryl methyl sites for hydroxylation is 2. The molecule has 2 aromatic rings. The summed E-state index contributed by atoms with van der Waals surface area (Å²) in [6.07, 6.45) is 1.67. The molecular formula is C19H28N4O3. The zero-order valence-electron chi connectivity index (χ0n) is 16.3. The van der Waals surface area contributed by atoms with Gasteiger partial charge in [-0.15, -0.1) is 0 Å². The summed E-state index contributed by atoms with van der Waals surface area (Å²) in [6.45, 7) is 9.59. The number of hydrogen-bond acceptors (Lipinski definition) is 5. The smallest absolute Gasteiger partial charge is 0.244 e. The maximum atomic E-state index is 12.8. The lowest BCUT2D eigenvalue weighted by molar-refractivity contribution is -0.131. The van der Waals surface area contributed by atoms with Gasteiger partial charge < -0.3 is 14.2 Å². The van der Waals surface area contributed by atoms with E-state index < -0.39 is 0 Å². The van der Waals surface area contributed by atoms with Gasteiger partial charge in [-0.1, -0.05) is 12.1 Å². The normalized spacial score (nSPS) is 20.1. The first-order valence-corrected chi connectivity index (χ1v) is 9.18. The fourth-order valence-corrected chi connectivity index (χ4v) is 3.91. The summed E-state index contributed by atoms with van der Waals surface area (Å²) in [5, 5.41) is 8.48. The van der Waals surface area contributed by atoms with Gasteiger partial charge in [0, 0.05) is 44.3 Å². The van der Waals surface area contributed by atoms with Crippen LogP contribution in [0.4, 0.5) is 0 Å². The van der Waals surface area contributed by atoms with Crippen LogP contribution in [0.1, 0.15) is 35.3 Å². The second-order valence-electron chi connectivity index (χ2n) is 7.13. The molecule has 1 aliphatic rings. The Morgan fingerprint density at radius 1 is 1.35 bits per heavy atom. The first-order valence-electron chi connectivity index (χ1n) is 9.18. The zero-order chi connectivity index (χ0) is 18.8. The van der Waals surface area contributed by atoms with Crippen molar-refractivity contribution < 1.29 is 14.1 Å². The predicted octanol–water partition coefficient (Wildman–Crippen LogP) is 2.07. The number of methoxy groups -OCH3 is 1. The lowest BCUT2D eigenvalue weighted by Crippen LogP contribution is -2.33. The van der Waals surface area contributed by atoms with Crippen molar-refractivity contribution in [3.63, 3.8) is 0 Å². The van der Waals surface area contributed by atoms with Gasteiger partial charge in [0.25, 0.3) is 0 Å². The Morgan fingerprint density at radius 2 is 2.12 bits per heavy atom. The van der Waals surface area contributed by atoms with Crippen molar-refractivity contribution in [3.05, 3.63) is 34.5 Å². The number of carbonyl (C=O) groups is 1. The van der Waals surface area contributed by atoms with Crippen molar-refractivity contribution in [1.29, 1.82) is 0 Å². The topological polar surface area (TPSA) is 73.4 Å². The molecule has 0 N–H and O–H groups in total. The number of nitrogens with zero attached hydrogens (tertiary/aromatic N) is 4. The number of rotatable bonds is 6. The third-order valence-corrected chi connectivity index (χ3v) is 5.35.